The molecular formula is C13H15N3O2S. The van der Waals surface area contributed by atoms with Gasteiger partial charge in [-0.15, -0.1) is 11.3 Å². The zero-order chi connectivity index (χ0) is 13.8. The van der Waals surface area contributed by atoms with Gasteiger partial charge in [-0.05, 0) is 25.0 Å². The first-order valence-corrected chi connectivity index (χ1v) is 6.86. The van der Waals surface area contributed by atoms with Crippen LogP contribution < -0.4 is 5.73 Å². The minimum Gasteiger partial charge on any atom is -0.462 e. The Morgan fingerprint density at radius 2 is 2.05 bits per heavy atom. The van der Waals surface area contributed by atoms with Crippen LogP contribution in [0.25, 0.3) is 10.7 Å². The number of aromatic nitrogens is 2. The highest BCUT2D eigenvalue weighted by molar-refractivity contribution is 7.18. The Hall–Kier alpha value is -1.95. The predicted molar refractivity (Wildman–Crippen MR) is 75.1 cm³/mol. The molecule has 0 aliphatic heterocycles. The van der Waals surface area contributed by atoms with Crippen LogP contribution in [0.1, 0.15) is 29.1 Å². The molecule has 0 spiro atoms. The van der Waals surface area contributed by atoms with E-state index in [0.29, 0.717) is 23.0 Å². The maximum atomic E-state index is 11.8. The minimum atomic E-state index is -0.387. The Balaban J connectivity index is 2.51. The van der Waals surface area contributed by atoms with Gasteiger partial charge in [0.25, 0.3) is 0 Å². The summed E-state index contributed by atoms with van der Waals surface area (Å²) in [5.74, 6) is 0.202. The first-order valence-electron chi connectivity index (χ1n) is 6.04. The van der Waals surface area contributed by atoms with Crippen molar-refractivity contribution in [1.82, 2.24) is 9.97 Å². The van der Waals surface area contributed by atoms with E-state index in [1.54, 1.807) is 25.4 Å². The summed E-state index contributed by atoms with van der Waals surface area (Å²) in [6.45, 7) is 4.08. The van der Waals surface area contributed by atoms with Crippen molar-refractivity contribution in [3.8, 4) is 10.7 Å². The monoisotopic (exact) mass is 277 g/mol. The number of nitrogen functional groups attached to an aromatic ring is 1. The lowest BCUT2D eigenvalue weighted by atomic mass is 10.1. The van der Waals surface area contributed by atoms with E-state index in [1.165, 1.54) is 11.3 Å². The zero-order valence-corrected chi connectivity index (χ0v) is 11.7. The minimum absolute atomic E-state index is 0.328. The van der Waals surface area contributed by atoms with Crippen molar-refractivity contribution in [3.05, 3.63) is 28.9 Å². The van der Waals surface area contributed by atoms with Crippen molar-refractivity contribution in [2.24, 2.45) is 0 Å². The fourth-order valence-corrected chi connectivity index (χ4v) is 2.93. The van der Waals surface area contributed by atoms with Gasteiger partial charge < -0.3 is 10.5 Å². The first-order chi connectivity index (χ1) is 9.19. The molecule has 0 saturated heterocycles. The van der Waals surface area contributed by atoms with Gasteiger partial charge in [0.2, 0.25) is 0 Å². The third-order valence-electron chi connectivity index (χ3n) is 2.63. The molecule has 0 bridgehead atoms. The second-order valence-corrected chi connectivity index (χ2v) is 4.82. The van der Waals surface area contributed by atoms with E-state index < -0.39 is 0 Å². The van der Waals surface area contributed by atoms with Gasteiger partial charge in [0.1, 0.15) is 4.88 Å². The molecule has 6 heteroatoms. The summed E-state index contributed by atoms with van der Waals surface area (Å²) in [7, 11) is 0. The summed E-state index contributed by atoms with van der Waals surface area (Å²) in [4.78, 5) is 21.5. The summed E-state index contributed by atoms with van der Waals surface area (Å²) in [5.41, 5.74) is 7.42. The van der Waals surface area contributed by atoms with Crippen molar-refractivity contribution in [3.63, 3.8) is 0 Å². The van der Waals surface area contributed by atoms with E-state index >= 15 is 0 Å². The van der Waals surface area contributed by atoms with Gasteiger partial charge in [-0.1, -0.05) is 6.92 Å². The van der Waals surface area contributed by atoms with Crippen LogP contribution in [0.5, 0.6) is 0 Å². The topological polar surface area (TPSA) is 78.1 Å². The van der Waals surface area contributed by atoms with Crippen molar-refractivity contribution < 1.29 is 9.53 Å². The molecule has 5 nitrogen and oxygen atoms in total. The molecule has 2 heterocycles. The van der Waals surface area contributed by atoms with Crippen molar-refractivity contribution in [2.45, 2.75) is 20.3 Å². The van der Waals surface area contributed by atoms with Gasteiger partial charge in [-0.3, -0.25) is 0 Å². The number of hydrogen-bond donors (Lipinski definition) is 1. The molecule has 0 aromatic carbocycles. The van der Waals surface area contributed by atoms with E-state index in [0.717, 1.165) is 16.9 Å². The van der Waals surface area contributed by atoms with Gasteiger partial charge in [-0.2, -0.15) is 0 Å². The smallest absolute Gasteiger partial charge is 0.350 e. The lowest BCUT2D eigenvalue weighted by Crippen LogP contribution is -2.05. The van der Waals surface area contributed by atoms with Crippen LogP contribution in [0.2, 0.25) is 0 Å². The highest BCUT2D eigenvalue weighted by Crippen LogP contribution is 2.37. The third-order valence-corrected chi connectivity index (χ3v) is 3.86. The number of nitrogens with two attached hydrogens (primary N) is 1. The maximum absolute atomic E-state index is 11.8. The van der Waals surface area contributed by atoms with Crippen LogP contribution >= 0.6 is 11.3 Å². The number of carbonyl (C=O) groups excluding carboxylic acids is 1. The van der Waals surface area contributed by atoms with Crippen LogP contribution in [0.4, 0.5) is 5.69 Å². The standard InChI is InChI=1S/C13H15N3O2S/c1-3-8-9(14)11(13(17)18-4-2)19-10(8)12-15-6-5-7-16-12/h5-7H,3-4,14H2,1-2H3. The average molecular weight is 277 g/mol. The first kappa shape index (κ1) is 13.5. The molecular weight excluding hydrogens is 262 g/mol. The molecule has 0 amide bonds. The third kappa shape index (κ3) is 2.58. The largest absolute Gasteiger partial charge is 0.462 e. The molecule has 2 aromatic rings. The highest BCUT2D eigenvalue weighted by Gasteiger charge is 2.22. The number of nitrogens with zero attached hydrogens (tertiary/aromatic N) is 2. The van der Waals surface area contributed by atoms with E-state index in [4.69, 9.17) is 10.5 Å². The summed E-state index contributed by atoms with van der Waals surface area (Å²) < 4.78 is 5.01. The normalized spacial score (nSPS) is 10.4. The fourth-order valence-electron chi connectivity index (χ4n) is 1.77. The quantitative estimate of drug-likeness (QED) is 0.869. The van der Waals surface area contributed by atoms with Crippen LogP contribution in [-0.4, -0.2) is 22.5 Å². The molecule has 0 saturated carbocycles. The predicted octanol–water partition coefficient (Wildman–Crippen LogP) is 2.53. The van der Waals surface area contributed by atoms with E-state index in [1.807, 2.05) is 6.92 Å². The van der Waals surface area contributed by atoms with Crippen molar-refractivity contribution in [1.29, 1.82) is 0 Å². The summed E-state index contributed by atoms with van der Waals surface area (Å²) in [5, 5.41) is 0. The molecule has 2 rings (SSSR count). The van der Waals surface area contributed by atoms with Crippen LogP contribution in [-0.2, 0) is 11.2 Å². The number of hydrogen-bond acceptors (Lipinski definition) is 6. The summed E-state index contributed by atoms with van der Waals surface area (Å²) in [6, 6.07) is 1.75. The SMILES string of the molecule is CCOC(=O)c1sc(-c2ncccn2)c(CC)c1N. The number of esters is 1. The molecule has 0 unspecified atom stereocenters. The van der Waals surface area contributed by atoms with Crippen molar-refractivity contribution >= 4 is 23.0 Å². The van der Waals surface area contributed by atoms with Crippen molar-refractivity contribution in [2.75, 3.05) is 12.3 Å². The van der Waals surface area contributed by atoms with E-state index in [9.17, 15) is 4.79 Å². The van der Waals surface area contributed by atoms with Gasteiger partial charge in [-0.25, -0.2) is 14.8 Å². The van der Waals surface area contributed by atoms with Gasteiger partial charge in [0.15, 0.2) is 5.82 Å². The molecule has 0 fully saturated rings. The molecule has 2 aromatic heterocycles. The number of carbonyl (C=O) groups is 1. The lowest BCUT2D eigenvalue weighted by Gasteiger charge is -2.01. The molecule has 0 aliphatic rings. The molecule has 0 radical (unpaired) electrons. The van der Waals surface area contributed by atoms with E-state index in [2.05, 4.69) is 9.97 Å². The van der Waals surface area contributed by atoms with Crippen LogP contribution in [0, 0.1) is 0 Å². The van der Waals surface area contributed by atoms with Crippen LogP contribution in [0.15, 0.2) is 18.5 Å². The number of anilines is 1. The highest BCUT2D eigenvalue weighted by atomic mass is 32.1. The Labute approximate surface area is 115 Å². The van der Waals surface area contributed by atoms with E-state index in [-0.39, 0.29) is 5.97 Å². The molecule has 2 N–H and O–H groups in total. The molecule has 19 heavy (non-hydrogen) atoms. The van der Waals surface area contributed by atoms with Gasteiger partial charge >= 0.3 is 5.97 Å². The zero-order valence-electron chi connectivity index (χ0n) is 10.8. The maximum Gasteiger partial charge on any atom is 0.350 e. The number of ether oxygens (including phenoxy) is 1. The molecule has 100 valence electrons. The average Bonchev–Trinajstić information content (AvgIpc) is 2.77. The Bertz CT molecular complexity index is 581. The second-order valence-electron chi connectivity index (χ2n) is 3.80. The summed E-state index contributed by atoms with van der Waals surface area (Å²) >= 11 is 1.29. The Morgan fingerprint density at radius 3 is 2.63 bits per heavy atom. The Kier molecular flexibility index (Phi) is 4.11. The summed E-state index contributed by atoms with van der Waals surface area (Å²) in [6.07, 6.45) is 4.05. The number of thiophene rings is 1. The fraction of sp³-hybridized carbons (Fsp3) is 0.308. The van der Waals surface area contributed by atoms with Gasteiger partial charge in [0, 0.05) is 12.4 Å². The second kappa shape index (κ2) is 5.79. The van der Waals surface area contributed by atoms with Crippen LogP contribution in [0.3, 0.4) is 0 Å². The molecule has 0 aliphatic carbocycles. The number of rotatable bonds is 4. The van der Waals surface area contributed by atoms with Gasteiger partial charge in [0.05, 0.1) is 17.2 Å². The Morgan fingerprint density at radius 1 is 1.37 bits per heavy atom. The molecule has 0 atom stereocenters. The lowest BCUT2D eigenvalue weighted by molar-refractivity contribution is 0.0533.